The molecule has 2 aromatic rings. The second kappa shape index (κ2) is 8.95. The molecular formula is C19H22F4N4O3S. The summed E-state index contributed by atoms with van der Waals surface area (Å²) in [6, 6.07) is 4.46. The Hall–Kier alpha value is -2.47. The number of carbonyl (C=O) groups excluding carboxylic acids is 1. The number of likely N-dealkylation sites (tertiary alicyclic amines) is 1. The number of benzene rings is 1. The van der Waals surface area contributed by atoms with Gasteiger partial charge < -0.3 is 4.90 Å². The molecular weight excluding hydrogens is 440 g/mol. The van der Waals surface area contributed by atoms with Crippen LogP contribution in [0.5, 0.6) is 0 Å². The van der Waals surface area contributed by atoms with Gasteiger partial charge >= 0.3 is 6.18 Å². The van der Waals surface area contributed by atoms with E-state index in [1.165, 1.54) is 17.0 Å². The average Bonchev–Trinajstić information content (AvgIpc) is 3.13. The Labute approximate surface area is 177 Å². The molecule has 0 saturated carbocycles. The van der Waals surface area contributed by atoms with Gasteiger partial charge in [0.05, 0.1) is 17.5 Å². The standard InChI is InChI=1S/C19H22F4N4O3S/c1-2-11-31(29,30)25-13-7-9-26(10-8-13)18(28)14-12-24-27(17(14)19(21,22)23)16-6-4-3-5-15(16)20/h3-6,12-13,25H,2,7-11H2,1H3. The first-order valence-corrected chi connectivity index (χ1v) is 11.4. The molecule has 3 rings (SSSR count). The van der Waals surface area contributed by atoms with Gasteiger partial charge in [-0.3, -0.25) is 4.79 Å². The molecule has 170 valence electrons. The molecule has 7 nitrogen and oxygen atoms in total. The Bertz CT molecular complexity index is 1040. The molecule has 1 aliphatic heterocycles. The van der Waals surface area contributed by atoms with Crippen molar-refractivity contribution in [1.82, 2.24) is 19.4 Å². The fourth-order valence-electron chi connectivity index (χ4n) is 3.54. The van der Waals surface area contributed by atoms with Gasteiger partial charge in [-0.2, -0.15) is 18.3 Å². The highest BCUT2D eigenvalue weighted by Gasteiger charge is 2.42. The van der Waals surface area contributed by atoms with Gasteiger partial charge in [-0.05, 0) is 31.4 Å². The van der Waals surface area contributed by atoms with Gasteiger partial charge in [-0.25, -0.2) is 22.2 Å². The van der Waals surface area contributed by atoms with Crippen LogP contribution in [0.4, 0.5) is 17.6 Å². The maximum absolute atomic E-state index is 14.1. The summed E-state index contributed by atoms with van der Waals surface area (Å²) in [5, 5.41) is 3.63. The zero-order chi connectivity index (χ0) is 22.8. The summed E-state index contributed by atoms with van der Waals surface area (Å²) >= 11 is 0. The van der Waals surface area contributed by atoms with Crippen molar-refractivity contribution in [2.24, 2.45) is 0 Å². The number of para-hydroxylation sites is 1. The maximum atomic E-state index is 14.1. The van der Waals surface area contributed by atoms with E-state index in [9.17, 15) is 30.8 Å². The number of nitrogens with zero attached hydrogens (tertiary/aromatic N) is 3. The highest BCUT2D eigenvalue weighted by molar-refractivity contribution is 7.89. The number of alkyl halides is 3. The lowest BCUT2D eigenvalue weighted by Crippen LogP contribution is -2.47. The molecule has 0 atom stereocenters. The summed E-state index contributed by atoms with van der Waals surface area (Å²) in [6.07, 6.45) is -3.15. The van der Waals surface area contributed by atoms with Crippen LogP contribution in [-0.4, -0.2) is 53.9 Å². The lowest BCUT2D eigenvalue weighted by Gasteiger charge is -2.32. The predicted molar refractivity (Wildman–Crippen MR) is 105 cm³/mol. The van der Waals surface area contributed by atoms with Crippen molar-refractivity contribution in [3.05, 3.63) is 47.5 Å². The lowest BCUT2D eigenvalue weighted by atomic mass is 10.0. The van der Waals surface area contributed by atoms with E-state index >= 15 is 0 Å². The van der Waals surface area contributed by atoms with Gasteiger partial charge in [0.25, 0.3) is 5.91 Å². The average molecular weight is 462 g/mol. The van der Waals surface area contributed by atoms with Gasteiger partial charge in [0, 0.05) is 19.1 Å². The van der Waals surface area contributed by atoms with Crippen LogP contribution >= 0.6 is 0 Å². The first-order valence-electron chi connectivity index (χ1n) is 9.73. The molecule has 1 aliphatic rings. The SMILES string of the molecule is CCCS(=O)(=O)NC1CCN(C(=O)c2cnn(-c3ccccc3F)c2C(F)(F)F)CC1. The molecule has 1 N–H and O–H groups in total. The molecule has 0 unspecified atom stereocenters. The van der Waals surface area contributed by atoms with Gasteiger partial charge in [0.15, 0.2) is 5.69 Å². The maximum Gasteiger partial charge on any atom is 0.434 e. The number of nitrogens with one attached hydrogen (secondary N) is 1. The highest BCUT2D eigenvalue weighted by atomic mass is 32.2. The van der Waals surface area contributed by atoms with Crippen molar-refractivity contribution in [3.8, 4) is 5.69 Å². The summed E-state index contributed by atoms with van der Waals surface area (Å²) in [5.41, 5.74) is -2.45. The molecule has 1 aromatic heterocycles. The number of hydrogen-bond acceptors (Lipinski definition) is 4. The van der Waals surface area contributed by atoms with Crippen LogP contribution in [0.25, 0.3) is 5.69 Å². The summed E-state index contributed by atoms with van der Waals surface area (Å²) in [7, 11) is -3.43. The number of sulfonamides is 1. The van der Waals surface area contributed by atoms with Gasteiger partial charge in [0.1, 0.15) is 11.5 Å². The van der Waals surface area contributed by atoms with Gasteiger partial charge in [-0.15, -0.1) is 0 Å². The predicted octanol–water partition coefficient (Wildman–Crippen LogP) is 2.96. The van der Waals surface area contributed by atoms with E-state index in [1.54, 1.807) is 6.92 Å². The molecule has 1 saturated heterocycles. The van der Waals surface area contributed by atoms with Crippen molar-refractivity contribution >= 4 is 15.9 Å². The molecule has 0 aliphatic carbocycles. The van der Waals surface area contributed by atoms with E-state index in [0.29, 0.717) is 11.1 Å². The van der Waals surface area contributed by atoms with Crippen LogP contribution < -0.4 is 4.72 Å². The fourth-order valence-corrected chi connectivity index (χ4v) is 4.94. The second-order valence-electron chi connectivity index (χ2n) is 7.27. The van der Waals surface area contributed by atoms with E-state index in [4.69, 9.17) is 0 Å². The van der Waals surface area contributed by atoms with E-state index < -0.39 is 44.9 Å². The van der Waals surface area contributed by atoms with E-state index in [1.807, 2.05) is 0 Å². The van der Waals surface area contributed by atoms with E-state index in [-0.39, 0.29) is 37.7 Å². The Morgan fingerprint density at radius 2 is 1.87 bits per heavy atom. The number of aromatic nitrogens is 2. The lowest BCUT2D eigenvalue weighted by molar-refractivity contribution is -0.143. The molecule has 0 bridgehead atoms. The van der Waals surface area contributed by atoms with Crippen molar-refractivity contribution in [2.75, 3.05) is 18.8 Å². The summed E-state index contributed by atoms with van der Waals surface area (Å²) in [5.74, 6) is -1.81. The zero-order valence-corrected chi connectivity index (χ0v) is 17.5. The van der Waals surface area contributed by atoms with Gasteiger partial charge in [0.2, 0.25) is 10.0 Å². The van der Waals surface area contributed by atoms with E-state index in [0.717, 1.165) is 18.3 Å². The Balaban J connectivity index is 1.81. The third kappa shape index (κ3) is 5.24. The van der Waals surface area contributed by atoms with Crippen LogP contribution in [0.15, 0.2) is 30.5 Å². The number of hydrogen-bond donors (Lipinski definition) is 1. The fraction of sp³-hybridized carbons (Fsp3) is 0.474. The Morgan fingerprint density at radius 1 is 1.23 bits per heavy atom. The van der Waals surface area contributed by atoms with Crippen molar-refractivity contribution in [3.63, 3.8) is 0 Å². The summed E-state index contributed by atoms with van der Waals surface area (Å²) in [4.78, 5) is 14.1. The van der Waals surface area contributed by atoms with Crippen LogP contribution in [-0.2, 0) is 16.2 Å². The molecule has 1 aromatic carbocycles. The first-order chi connectivity index (χ1) is 14.5. The molecule has 1 amide bonds. The monoisotopic (exact) mass is 462 g/mol. The Morgan fingerprint density at radius 3 is 2.45 bits per heavy atom. The zero-order valence-electron chi connectivity index (χ0n) is 16.7. The third-order valence-corrected chi connectivity index (χ3v) is 6.59. The highest BCUT2D eigenvalue weighted by Crippen LogP contribution is 2.35. The Kier molecular flexibility index (Phi) is 6.70. The minimum absolute atomic E-state index is 0.0175. The molecule has 1 fully saturated rings. The molecule has 0 radical (unpaired) electrons. The normalized spacial score (nSPS) is 16.0. The van der Waals surface area contributed by atoms with Crippen LogP contribution in [0.1, 0.15) is 42.2 Å². The number of halogens is 4. The topological polar surface area (TPSA) is 84.3 Å². The minimum atomic E-state index is -4.95. The van der Waals surface area contributed by atoms with E-state index in [2.05, 4.69) is 9.82 Å². The molecule has 0 spiro atoms. The summed E-state index contributed by atoms with van der Waals surface area (Å²) in [6.45, 7) is 1.90. The smallest absolute Gasteiger partial charge is 0.338 e. The molecule has 12 heteroatoms. The number of amides is 1. The van der Waals surface area contributed by atoms with Crippen LogP contribution in [0.3, 0.4) is 0 Å². The van der Waals surface area contributed by atoms with Gasteiger partial charge in [-0.1, -0.05) is 19.1 Å². The molecule has 31 heavy (non-hydrogen) atoms. The number of carbonyl (C=O) groups is 1. The minimum Gasteiger partial charge on any atom is -0.338 e. The number of piperidine rings is 1. The largest absolute Gasteiger partial charge is 0.434 e. The summed E-state index contributed by atoms with van der Waals surface area (Å²) < 4.78 is 82.1. The quantitative estimate of drug-likeness (QED) is 0.669. The third-order valence-electron chi connectivity index (χ3n) is 4.95. The second-order valence-corrected chi connectivity index (χ2v) is 9.14. The van der Waals surface area contributed by atoms with Crippen LogP contribution in [0.2, 0.25) is 0 Å². The van der Waals surface area contributed by atoms with Crippen molar-refractivity contribution in [2.45, 2.75) is 38.4 Å². The first kappa shape index (κ1) is 23.2. The molecule has 2 heterocycles. The van der Waals surface area contributed by atoms with Crippen LogP contribution in [0, 0.1) is 5.82 Å². The number of rotatable bonds is 6. The van der Waals surface area contributed by atoms with Crippen molar-refractivity contribution < 1.29 is 30.8 Å². The van der Waals surface area contributed by atoms with Crippen molar-refractivity contribution in [1.29, 1.82) is 0 Å².